The standard InChI is InChI=1S/C17H19FN2O3S/c1-11(2)17-15(10-21)14(12-5-7-13(18)8-6-12)9-16(19-17)20(3)24(4,22)23/h5-11H,1-4H3. The largest absolute Gasteiger partial charge is 0.298 e. The summed E-state index contributed by atoms with van der Waals surface area (Å²) in [6.07, 6.45) is 1.78. The van der Waals surface area contributed by atoms with E-state index in [2.05, 4.69) is 4.98 Å². The van der Waals surface area contributed by atoms with Crippen LogP contribution in [0, 0.1) is 5.82 Å². The molecule has 0 atom stereocenters. The van der Waals surface area contributed by atoms with E-state index in [1.807, 2.05) is 13.8 Å². The minimum Gasteiger partial charge on any atom is -0.298 e. The Morgan fingerprint density at radius 2 is 1.79 bits per heavy atom. The number of rotatable bonds is 5. The van der Waals surface area contributed by atoms with Gasteiger partial charge in [-0.2, -0.15) is 0 Å². The first kappa shape index (κ1) is 18.1. The van der Waals surface area contributed by atoms with E-state index in [1.54, 1.807) is 12.1 Å². The van der Waals surface area contributed by atoms with Gasteiger partial charge in [0.15, 0.2) is 6.29 Å². The maximum atomic E-state index is 13.2. The van der Waals surface area contributed by atoms with Gasteiger partial charge in [-0.25, -0.2) is 17.8 Å². The van der Waals surface area contributed by atoms with Gasteiger partial charge in [0.25, 0.3) is 0 Å². The molecular formula is C17H19FN2O3S. The van der Waals surface area contributed by atoms with Crippen LogP contribution in [0.3, 0.4) is 0 Å². The summed E-state index contributed by atoms with van der Waals surface area (Å²) in [7, 11) is -2.10. The van der Waals surface area contributed by atoms with Gasteiger partial charge in [-0.05, 0) is 35.2 Å². The molecule has 128 valence electrons. The number of carbonyl (C=O) groups excluding carboxylic acids is 1. The Balaban J connectivity index is 2.78. The highest BCUT2D eigenvalue weighted by atomic mass is 32.2. The zero-order chi connectivity index (χ0) is 18.1. The first-order chi connectivity index (χ1) is 11.1. The summed E-state index contributed by atoms with van der Waals surface area (Å²) in [6, 6.07) is 7.21. The summed E-state index contributed by atoms with van der Waals surface area (Å²) in [4.78, 5) is 16.0. The van der Waals surface area contributed by atoms with Gasteiger partial charge in [0.2, 0.25) is 10.0 Å². The molecule has 0 aliphatic carbocycles. The predicted molar refractivity (Wildman–Crippen MR) is 92.4 cm³/mol. The van der Waals surface area contributed by atoms with Gasteiger partial charge in [-0.1, -0.05) is 26.0 Å². The molecule has 24 heavy (non-hydrogen) atoms. The van der Waals surface area contributed by atoms with Crippen LogP contribution in [-0.4, -0.2) is 33.0 Å². The molecule has 0 spiro atoms. The SMILES string of the molecule is CC(C)c1nc(N(C)S(C)(=O)=O)cc(-c2ccc(F)cc2)c1C=O. The van der Waals surface area contributed by atoms with Crippen LogP contribution in [0.5, 0.6) is 0 Å². The van der Waals surface area contributed by atoms with Crippen molar-refractivity contribution in [2.45, 2.75) is 19.8 Å². The van der Waals surface area contributed by atoms with E-state index >= 15 is 0 Å². The van der Waals surface area contributed by atoms with Gasteiger partial charge in [-0.3, -0.25) is 9.10 Å². The number of hydrogen-bond acceptors (Lipinski definition) is 4. The smallest absolute Gasteiger partial charge is 0.233 e. The van der Waals surface area contributed by atoms with Gasteiger partial charge in [-0.15, -0.1) is 0 Å². The molecule has 1 heterocycles. The van der Waals surface area contributed by atoms with Crippen molar-refractivity contribution in [3.8, 4) is 11.1 Å². The number of halogens is 1. The van der Waals surface area contributed by atoms with Crippen molar-refractivity contribution in [3.63, 3.8) is 0 Å². The van der Waals surface area contributed by atoms with Gasteiger partial charge < -0.3 is 0 Å². The quantitative estimate of drug-likeness (QED) is 0.777. The highest BCUT2D eigenvalue weighted by Crippen LogP contribution is 2.32. The van der Waals surface area contributed by atoms with Crippen LogP contribution in [0.2, 0.25) is 0 Å². The van der Waals surface area contributed by atoms with Crippen LogP contribution in [0.25, 0.3) is 11.1 Å². The Labute approximate surface area is 141 Å². The van der Waals surface area contributed by atoms with Crippen LogP contribution in [0.4, 0.5) is 10.2 Å². The number of carbonyl (C=O) groups is 1. The number of anilines is 1. The van der Waals surface area contributed by atoms with Crippen molar-refractivity contribution in [3.05, 3.63) is 47.4 Å². The molecule has 0 saturated heterocycles. The topological polar surface area (TPSA) is 67.3 Å². The van der Waals surface area contributed by atoms with E-state index in [1.165, 1.54) is 25.2 Å². The first-order valence-corrected chi connectivity index (χ1v) is 9.20. The lowest BCUT2D eigenvalue weighted by atomic mass is 9.95. The average molecular weight is 350 g/mol. The van der Waals surface area contributed by atoms with Crippen LogP contribution < -0.4 is 4.31 Å². The Morgan fingerprint density at radius 3 is 2.25 bits per heavy atom. The molecule has 0 saturated carbocycles. The fourth-order valence-corrected chi connectivity index (χ4v) is 2.76. The van der Waals surface area contributed by atoms with E-state index < -0.39 is 15.8 Å². The first-order valence-electron chi connectivity index (χ1n) is 7.35. The Hall–Kier alpha value is -2.28. The summed E-state index contributed by atoms with van der Waals surface area (Å²) in [6.45, 7) is 3.74. The molecule has 0 amide bonds. The number of benzene rings is 1. The molecule has 0 aliphatic heterocycles. The monoisotopic (exact) mass is 350 g/mol. The van der Waals surface area contributed by atoms with Gasteiger partial charge >= 0.3 is 0 Å². The lowest BCUT2D eigenvalue weighted by Crippen LogP contribution is -2.26. The zero-order valence-corrected chi connectivity index (χ0v) is 14.8. The second-order valence-corrected chi connectivity index (χ2v) is 7.85. The Kier molecular flexibility index (Phi) is 5.03. The normalized spacial score (nSPS) is 11.6. The van der Waals surface area contributed by atoms with Crippen molar-refractivity contribution in [2.24, 2.45) is 0 Å². The lowest BCUT2D eigenvalue weighted by molar-refractivity contribution is 0.112. The minimum absolute atomic E-state index is 0.0858. The fourth-order valence-electron chi connectivity index (χ4n) is 2.32. The number of nitrogens with zero attached hydrogens (tertiary/aromatic N) is 2. The molecule has 2 aromatic rings. The third kappa shape index (κ3) is 3.62. The third-order valence-electron chi connectivity index (χ3n) is 3.71. The van der Waals surface area contributed by atoms with Crippen LogP contribution in [0.1, 0.15) is 35.8 Å². The fraction of sp³-hybridized carbons (Fsp3) is 0.294. The Bertz CT molecular complexity index is 862. The highest BCUT2D eigenvalue weighted by Gasteiger charge is 2.21. The second kappa shape index (κ2) is 6.68. The van der Waals surface area contributed by atoms with Gasteiger partial charge in [0.1, 0.15) is 11.6 Å². The summed E-state index contributed by atoms with van der Waals surface area (Å²) < 4.78 is 37.9. The van der Waals surface area contributed by atoms with E-state index in [0.717, 1.165) is 10.6 Å². The molecule has 1 aromatic carbocycles. The van der Waals surface area contributed by atoms with Crippen molar-refractivity contribution in [2.75, 3.05) is 17.6 Å². The van der Waals surface area contributed by atoms with E-state index in [4.69, 9.17) is 0 Å². The molecule has 2 rings (SSSR count). The molecular weight excluding hydrogens is 331 g/mol. The summed E-state index contributed by atoms with van der Waals surface area (Å²) in [5.41, 5.74) is 2.01. The molecule has 0 aliphatic rings. The summed E-state index contributed by atoms with van der Waals surface area (Å²) in [5.74, 6) is -0.263. The van der Waals surface area contributed by atoms with E-state index in [-0.39, 0.29) is 11.7 Å². The van der Waals surface area contributed by atoms with Crippen molar-refractivity contribution in [1.29, 1.82) is 0 Å². The molecule has 1 aromatic heterocycles. The number of pyridine rings is 1. The number of hydrogen-bond donors (Lipinski definition) is 0. The van der Waals surface area contributed by atoms with Gasteiger partial charge in [0, 0.05) is 12.6 Å². The maximum absolute atomic E-state index is 13.2. The maximum Gasteiger partial charge on any atom is 0.233 e. The van der Waals surface area contributed by atoms with Gasteiger partial charge in [0.05, 0.1) is 11.9 Å². The third-order valence-corrected chi connectivity index (χ3v) is 4.90. The van der Waals surface area contributed by atoms with Crippen molar-refractivity contribution >= 4 is 22.1 Å². The molecule has 0 radical (unpaired) electrons. The lowest BCUT2D eigenvalue weighted by Gasteiger charge is -2.20. The van der Waals surface area contributed by atoms with Crippen molar-refractivity contribution in [1.82, 2.24) is 4.98 Å². The average Bonchev–Trinajstić information content (AvgIpc) is 2.52. The van der Waals surface area contributed by atoms with Crippen LogP contribution in [-0.2, 0) is 10.0 Å². The molecule has 0 bridgehead atoms. The van der Waals surface area contributed by atoms with Crippen molar-refractivity contribution < 1.29 is 17.6 Å². The molecule has 0 unspecified atom stereocenters. The molecule has 7 heteroatoms. The number of aldehydes is 1. The van der Waals surface area contributed by atoms with E-state index in [0.29, 0.717) is 28.7 Å². The van der Waals surface area contributed by atoms with Crippen LogP contribution >= 0.6 is 0 Å². The highest BCUT2D eigenvalue weighted by molar-refractivity contribution is 7.92. The zero-order valence-electron chi connectivity index (χ0n) is 13.9. The minimum atomic E-state index is -3.50. The second-order valence-electron chi connectivity index (χ2n) is 5.84. The Morgan fingerprint density at radius 1 is 1.21 bits per heavy atom. The summed E-state index contributed by atoms with van der Waals surface area (Å²) in [5, 5.41) is 0. The van der Waals surface area contributed by atoms with E-state index in [9.17, 15) is 17.6 Å². The number of sulfonamides is 1. The molecule has 0 N–H and O–H groups in total. The summed E-state index contributed by atoms with van der Waals surface area (Å²) >= 11 is 0. The van der Waals surface area contributed by atoms with Crippen LogP contribution in [0.15, 0.2) is 30.3 Å². The molecule has 5 nitrogen and oxygen atoms in total. The predicted octanol–water partition coefficient (Wildman–Crippen LogP) is 3.22. The number of aromatic nitrogens is 1. The molecule has 0 fully saturated rings.